The lowest BCUT2D eigenvalue weighted by atomic mass is 9.99. The number of carbonyl (C=O) groups is 1. The molecule has 0 radical (unpaired) electrons. The molecule has 1 amide bonds. The molecular formula is C17H33N3O2. The highest BCUT2D eigenvalue weighted by atomic mass is 16.5. The number of likely N-dealkylation sites (tertiary alicyclic amines) is 2. The van der Waals surface area contributed by atoms with Gasteiger partial charge >= 0.3 is 0 Å². The SMILES string of the molecule is CC1CN([C@@H](C)C(=O)N2CCC(OCCCN(C)C)CC2)C1. The molecule has 0 N–H and O–H groups in total. The molecule has 2 aliphatic heterocycles. The summed E-state index contributed by atoms with van der Waals surface area (Å²) in [7, 11) is 4.17. The van der Waals surface area contributed by atoms with Gasteiger partial charge in [-0.25, -0.2) is 0 Å². The van der Waals surface area contributed by atoms with E-state index < -0.39 is 0 Å². The fraction of sp³-hybridized carbons (Fsp3) is 0.941. The van der Waals surface area contributed by atoms with Crippen LogP contribution in [-0.4, -0.2) is 86.2 Å². The van der Waals surface area contributed by atoms with Gasteiger partial charge in [-0.05, 0) is 52.7 Å². The van der Waals surface area contributed by atoms with Crippen LogP contribution in [0.4, 0.5) is 0 Å². The molecule has 22 heavy (non-hydrogen) atoms. The Bertz CT molecular complexity index is 348. The highest BCUT2D eigenvalue weighted by molar-refractivity contribution is 5.81. The minimum Gasteiger partial charge on any atom is -0.378 e. The summed E-state index contributed by atoms with van der Waals surface area (Å²) >= 11 is 0. The lowest BCUT2D eigenvalue weighted by Crippen LogP contribution is -2.57. The van der Waals surface area contributed by atoms with E-state index in [2.05, 4.69) is 37.7 Å². The van der Waals surface area contributed by atoms with Crippen LogP contribution in [0.2, 0.25) is 0 Å². The number of hydrogen-bond acceptors (Lipinski definition) is 4. The number of carbonyl (C=O) groups excluding carboxylic acids is 1. The van der Waals surface area contributed by atoms with Gasteiger partial charge in [-0.3, -0.25) is 9.69 Å². The second-order valence-electron chi connectivity index (χ2n) is 7.29. The van der Waals surface area contributed by atoms with Crippen molar-refractivity contribution in [2.45, 2.75) is 45.3 Å². The summed E-state index contributed by atoms with van der Waals surface area (Å²) in [5.41, 5.74) is 0. The Morgan fingerprint density at radius 3 is 2.45 bits per heavy atom. The summed E-state index contributed by atoms with van der Waals surface area (Å²) in [4.78, 5) is 19.0. The van der Waals surface area contributed by atoms with Crippen molar-refractivity contribution in [1.29, 1.82) is 0 Å². The summed E-state index contributed by atoms with van der Waals surface area (Å²) in [6.45, 7) is 10.0. The molecule has 2 saturated heterocycles. The monoisotopic (exact) mass is 311 g/mol. The van der Waals surface area contributed by atoms with Crippen LogP contribution in [0.1, 0.15) is 33.1 Å². The van der Waals surface area contributed by atoms with Crippen LogP contribution in [0.3, 0.4) is 0 Å². The van der Waals surface area contributed by atoms with Gasteiger partial charge in [0.15, 0.2) is 0 Å². The van der Waals surface area contributed by atoms with Gasteiger partial charge in [0.25, 0.3) is 0 Å². The van der Waals surface area contributed by atoms with Crippen molar-refractivity contribution >= 4 is 5.91 Å². The number of piperidine rings is 1. The van der Waals surface area contributed by atoms with E-state index in [4.69, 9.17) is 4.74 Å². The molecule has 2 fully saturated rings. The molecular weight excluding hydrogens is 278 g/mol. The van der Waals surface area contributed by atoms with Gasteiger partial charge in [-0.2, -0.15) is 0 Å². The maximum atomic E-state index is 12.5. The first-order chi connectivity index (χ1) is 10.5. The molecule has 0 unspecified atom stereocenters. The summed E-state index contributed by atoms with van der Waals surface area (Å²) in [6, 6.07) is 0.0498. The van der Waals surface area contributed by atoms with E-state index in [1.165, 1.54) is 0 Å². The molecule has 1 atom stereocenters. The molecule has 2 aliphatic rings. The molecule has 5 heteroatoms. The van der Waals surface area contributed by atoms with Crippen LogP contribution in [0.5, 0.6) is 0 Å². The Labute approximate surface area is 135 Å². The second kappa shape index (κ2) is 8.27. The van der Waals surface area contributed by atoms with Gasteiger partial charge in [-0.1, -0.05) is 6.92 Å². The Kier molecular flexibility index (Phi) is 6.66. The zero-order valence-electron chi connectivity index (χ0n) is 14.8. The van der Waals surface area contributed by atoms with Crippen molar-refractivity contribution in [3.05, 3.63) is 0 Å². The van der Waals surface area contributed by atoms with Crippen LogP contribution in [0, 0.1) is 5.92 Å². The number of rotatable bonds is 7. The number of amides is 1. The van der Waals surface area contributed by atoms with Crippen LogP contribution < -0.4 is 0 Å². The van der Waals surface area contributed by atoms with Crippen molar-refractivity contribution in [3.8, 4) is 0 Å². The molecule has 0 aromatic rings. The molecule has 0 aromatic carbocycles. The van der Waals surface area contributed by atoms with Crippen LogP contribution >= 0.6 is 0 Å². The number of ether oxygens (including phenoxy) is 1. The summed E-state index contributed by atoms with van der Waals surface area (Å²) in [5.74, 6) is 1.05. The maximum absolute atomic E-state index is 12.5. The molecule has 2 rings (SSSR count). The Hall–Kier alpha value is -0.650. The van der Waals surface area contributed by atoms with Gasteiger partial charge < -0.3 is 14.5 Å². The summed E-state index contributed by atoms with van der Waals surface area (Å²) in [5, 5.41) is 0. The van der Waals surface area contributed by atoms with Crippen molar-refractivity contribution in [3.63, 3.8) is 0 Å². The predicted molar refractivity (Wildman–Crippen MR) is 88.9 cm³/mol. The Morgan fingerprint density at radius 2 is 1.91 bits per heavy atom. The predicted octanol–water partition coefficient (Wildman–Crippen LogP) is 1.29. The van der Waals surface area contributed by atoms with Crippen molar-refractivity contribution in [1.82, 2.24) is 14.7 Å². The van der Waals surface area contributed by atoms with Crippen molar-refractivity contribution in [2.24, 2.45) is 5.92 Å². The normalized spacial score (nSPS) is 22.9. The van der Waals surface area contributed by atoms with E-state index in [-0.39, 0.29) is 6.04 Å². The first-order valence-electron chi connectivity index (χ1n) is 8.76. The van der Waals surface area contributed by atoms with Gasteiger partial charge in [0.05, 0.1) is 12.1 Å². The summed E-state index contributed by atoms with van der Waals surface area (Å²) in [6.07, 6.45) is 3.38. The Morgan fingerprint density at radius 1 is 1.27 bits per heavy atom. The molecule has 2 heterocycles. The molecule has 0 spiro atoms. The van der Waals surface area contributed by atoms with E-state index >= 15 is 0 Å². The minimum atomic E-state index is 0.0498. The highest BCUT2D eigenvalue weighted by Gasteiger charge is 2.34. The van der Waals surface area contributed by atoms with Crippen LogP contribution in [-0.2, 0) is 9.53 Å². The van der Waals surface area contributed by atoms with Crippen LogP contribution in [0.25, 0.3) is 0 Å². The molecule has 0 saturated carbocycles. The first kappa shape index (κ1) is 17.7. The number of hydrogen-bond donors (Lipinski definition) is 0. The standard InChI is InChI=1S/C17H33N3O2/c1-14-12-20(13-14)15(2)17(21)19-9-6-16(7-10-19)22-11-5-8-18(3)4/h14-16H,5-13H2,1-4H3/t15-/m0/s1. The van der Waals surface area contributed by atoms with E-state index in [9.17, 15) is 4.79 Å². The molecule has 0 bridgehead atoms. The van der Waals surface area contributed by atoms with Gasteiger partial charge in [0, 0.05) is 32.8 Å². The largest absolute Gasteiger partial charge is 0.378 e. The quantitative estimate of drug-likeness (QED) is 0.664. The molecule has 128 valence electrons. The highest BCUT2D eigenvalue weighted by Crippen LogP contribution is 2.21. The van der Waals surface area contributed by atoms with Crippen molar-refractivity contribution in [2.75, 3.05) is 53.4 Å². The number of nitrogens with zero attached hydrogens (tertiary/aromatic N) is 3. The lowest BCUT2D eigenvalue weighted by Gasteiger charge is -2.43. The first-order valence-corrected chi connectivity index (χ1v) is 8.76. The molecule has 0 aliphatic carbocycles. The third kappa shape index (κ3) is 4.93. The average molecular weight is 311 g/mol. The fourth-order valence-corrected chi connectivity index (χ4v) is 3.36. The van der Waals surface area contributed by atoms with Crippen LogP contribution in [0.15, 0.2) is 0 Å². The van der Waals surface area contributed by atoms with Crippen molar-refractivity contribution < 1.29 is 9.53 Å². The zero-order chi connectivity index (χ0) is 16.1. The van der Waals surface area contributed by atoms with Gasteiger partial charge in [0.1, 0.15) is 0 Å². The topological polar surface area (TPSA) is 36.0 Å². The van der Waals surface area contributed by atoms with Gasteiger partial charge in [0.2, 0.25) is 5.91 Å². The lowest BCUT2D eigenvalue weighted by molar-refractivity contribution is -0.141. The minimum absolute atomic E-state index is 0.0498. The smallest absolute Gasteiger partial charge is 0.239 e. The maximum Gasteiger partial charge on any atom is 0.239 e. The van der Waals surface area contributed by atoms with E-state index in [1.807, 2.05) is 4.90 Å². The summed E-state index contributed by atoms with van der Waals surface area (Å²) < 4.78 is 5.94. The third-order valence-corrected chi connectivity index (χ3v) is 4.85. The van der Waals surface area contributed by atoms with E-state index in [0.29, 0.717) is 12.0 Å². The Balaban J connectivity index is 1.63. The zero-order valence-corrected chi connectivity index (χ0v) is 14.8. The van der Waals surface area contributed by atoms with E-state index in [0.717, 1.165) is 64.5 Å². The molecule has 0 aromatic heterocycles. The third-order valence-electron chi connectivity index (χ3n) is 4.85. The average Bonchev–Trinajstić information content (AvgIpc) is 2.47. The second-order valence-corrected chi connectivity index (χ2v) is 7.29. The molecule has 5 nitrogen and oxygen atoms in total. The van der Waals surface area contributed by atoms with E-state index in [1.54, 1.807) is 0 Å². The fourth-order valence-electron chi connectivity index (χ4n) is 3.36. The van der Waals surface area contributed by atoms with Gasteiger partial charge in [-0.15, -0.1) is 0 Å².